The van der Waals surface area contributed by atoms with Gasteiger partial charge in [-0.15, -0.1) is 0 Å². The molecule has 2 aromatic rings. The van der Waals surface area contributed by atoms with Gasteiger partial charge < -0.3 is 10.2 Å². The Bertz CT molecular complexity index is 554. The van der Waals surface area contributed by atoms with Gasteiger partial charge in [0.1, 0.15) is 5.82 Å². The predicted molar refractivity (Wildman–Crippen MR) is 83.2 cm³/mol. The second-order valence-corrected chi connectivity index (χ2v) is 5.92. The van der Waals surface area contributed by atoms with Crippen molar-refractivity contribution in [1.82, 2.24) is 5.32 Å². The summed E-state index contributed by atoms with van der Waals surface area (Å²) < 4.78 is 13.3. The van der Waals surface area contributed by atoms with E-state index in [9.17, 15) is 4.39 Å². The molecular formula is C16H19FN2S. The molecule has 0 bridgehead atoms. The molecule has 0 saturated heterocycles. The maximum Gasteiger partial charge on any atom is 0.125 e. The summed E-state index contributed by atoms with van der Waals surface area (Å²) in [5.74, 6) is -0.138. The van der Waals surface area contributed by atoms with E-state index in [4.69, 9.17) is 0 Å². The molecule has 0 amide bonds. The van der Waals surface area contributed by atoms with Crippen LogP contribution in [0.1, 0.15) is 11.1 Å². The minimum Gasteiger partial charge on any atom is -0.370 e. The number of rotatable bonds is 6. The summed E-state index contributed by atoms with van der Waals surface area (Å²) in [6.45, 7) is 3.89. The van der Waals surface area contributed by atoms with Crippen molar-refractivity contribution in [3.05, 3.63) is 52.0 Å². The molecule has 1 aliphatic rings. The first-order chi connectivity index (χ1) is 9.83. The van der Waals surface area contributed by atoms with Gasteiger partial charge in [0, 0.05) is 25.3 Å². The smallest absolute Gasteiger partial charge is 0.125 e. The first-order valence-corrected chi connectivity index (χ1v) is 8.02. The number of hydrogen-bond donors (Lipinski definition) is 1. The number of anilines is 1. The van der Waals surface area contributed by atoms with Gasteiger partial charge in [0.05, 0.1) is 0 Å². The van der Waals surface area contributed by atoms with Gasteiger partial charge in [-0.25, -0.2) is 4.39 Å². The predicted octanol–water partition coefficient (Wildman–Crippen LogP) is 3.08. The number of fused-ring (bicyclic) bond motifs is 1. The Morgan fingerprint density at radius 2 is 2.20 bits per heavy atom. The normalized spacial score (nSPS) is 13.8. The molecule has 0 unspecified atom stereocenters. The zero-order chi connectivity index (χ0) is 13.8. The summed E-state index contributed by atoms with van der Waals surface area (Å²) >= 11 is 1.75. The molecule has 1 N–H and O–H groups in total. The molecule has 0 saturated carbocycles. The van der Waals surface area contributed by atoms with E-state index in [1.54, 1.807) is 23.5 Å². The molecule has 0 spiro atoms. The number of benzene rings is 1. The second kappa shape index (κ2) is 6.37. The highest BCUT2D eigenvalue weighted by Crippen LogP contribution is 2.27. The fourth-order valence-corrected chi connectivity index (χ4v) is 3.36. The van der Waals surface area contributed by atoms with Crippen LogP contribution in [0.25, 0.3) is 0 Å². The molecule has 1 aliphatic heterocycles. The fraction of sp³-hybridized carbons (Fsp3) is 0.375. The van der Waals surface area contributed by atoms with Crippen LogP contribution >= 0.6 is 11.3 Å². The van der Waals surface area contributed by atoms with Crippen LogP contribution in [-0.2, 0) is 12.8 Å². The number of hydrogen-bond acceptors (Lipinski definition) is 3. The van der Waals surface area contributed by atoms with Gasteiger partial charge in [-0.3, -0.25) is 0 Å². The SMILES string of the molecule is Fc1ccc2c(c1)N(CCNCCc1ccsc1)CC2. The number of nitrogens with zero attached hydrogens (tertiary/aromatic N) is 1. The van der Waals surface area contributed by atoms with E-state index in [0.29, 0.717) is 0 Å². The Balaban J connectivity index is 1.43. The van der Waals surface area contributed by atoms with Gasteiger partial charge in [0.2, 0.25) is 0 Å². The van der Waals surface area contributed by atoms with E-state index in [1.807, 2.05) is 6.07 Å². The maximum atomic E-state index is 13.3. The molecule has 0 radical (unpaired) electrons. The third kappa shape index (κ3) is 3.19. The van der Waals surface area contributed by atoms with Gasteiger partial charge >= 0.3 is 0 Å². The van der Waals surface area contributed by atoms with Crippen LogP contribution in [0.4, 0.5) is 10.1 Å². The highest BCUT2D eigenvalue weighted by Gasteiger charge is 2.18. The molecule has 0 aliphatic carbocycles. The molecule has 1 aromatic heterocycles. The van der Waals surface area contributed by atoms with Crippen LogP contribution in [0, 0.1) is 5.82 Å². The van der Waals surface area contributed by atoms with Crippen molar-refractivity contribution in [2.75, 3.05) is 31.1 Å². The van der Waals surface area contributed by atoms with Gasteiger partial charge in [0.15, 0.2) is 0 Å². The summed E-state index contributed by atoms with van der Waals surface area (Å²) in [6, 6.07) is 7.30. The highest BCUT2D eigenvalue weighted by molar-refractivity contribution is 7.07. The topological polar surface area (TPSA) is 15.3 Å². The summed E-state index contributed by atoms with van der Waals surface area (Å²) in [6.07, 6.45) is 2.11. The molecule has 1 aromatic carbocycles. The van der Waals surface area contributed by atoms with Crippen LogP contribution in [0.3, 0.4) is 0 Å². The Morgan fingerprint density at radius 3 is 3.05 bits per heavy atom. The molecule has 2 nitrogen and oxygen atoms in total. The third-order valence-corrected chi connectivity index (χ3v) is 4.50. The lowest BCUT2D eigenvalue weighted by Gasteiger charge is -2.19. The zero-order valence-corrected chi connectivity index (χ0v) is 12.3. The van der Waals surface area contributed by atoms with E-state index in [1.165, 1.54) is 11.1 Å². The molecular weight excluding hydrogens is 271 g/mol. The third-order valence-electron chi connectivity index (χ3n) is 3.77. The van der Waals surface area contributed by atoms with Crippen molar-refractivity contribution in [3.8, 4) is 0 Å². The Morgan fingerprint density at radius 1 is 1.25 bits per heavy atom. The Kier molecular flexibility index (Phi) is 4.33. The lowest BCUT2D eigenvalue weighted by atomic mass is 10.2. The fourth-order valence-electron chi connectivity index (χ4n) is 2.66. The standard InChI is InChI=1S/C16H19FN2S/c17-15-2-1-14-4-8-19(16(14)11-15)9-7-18-6-3-13-5-10-20-12-13/h1-2,5,10-12,18H,3-4,6-9H2. The second-order valence-electron chi connectivity index (χ2n) is 5.14. The largest absolute Gasteiger partial charge is 0.370 e. The molecule has 4 heteroatoms. The van der Waals surface area contributed by atoms with E-state index in [2.05, 4.69) is 27.0 Å². The quantitative estimate of drug-likeness (QED) is 0.823. The van der Waals surface area contributed by atoms with Crippen LogP contribution < -0.4 is 10.2 Å². The summed E-state index contributed by atoms with van der Waals surface area (Å²) in [4.78, 5) is 2.27. The number of nitrogens with one attached hydrogen (secondary N) is 1. The molecule has 3 rings (SSSR count). The van der Waals surface area contributed by atoms with Crippen molar-refractivity contribution in [2.45, 2.75) is 12.8 Å². The first kappa shape index (κ1) is 13.6. The van der Waals surface area contributed by atoms with Crippen molar-refractivity contribution < 1.29 is 4.39 Å². The minimum atomic E-state index is -0.138. The average Bonchev–Trinajstić information content (AvgIpc) is 3.08. The molecule has 20 heavy (non-hydrogen) atoms. The first-order valence-electron chi connectivity index (χ1n) is 7.08. The van der Waals surface area contributed by atoms with Crippen LogP contribution in [0.5, 0.6) is 0 Å². The molecule has 106 valence electrons. The number of halogens is 1. The van der Waals surface area contributed by atoms with Crippen molar-refractivity contribution in [2.24, 2.45) is 0 Å². The van der Waals surface area contributed by atoms with E-state index in [-0.39, 0.29) is 5.82 Å². The van der Waals surface area contributed by atoms with E-state index < -0.39 is 0 Å². The molecule has 0 fully saturated rings. The Labute approximate surface area is 123 Å². The van der Waals surface area contributed by atoms with Crippen molar-refractivity contribution in [1.29, 1.82) is 0 Å². The Hall–Kier alpha value is -1.39. The highest BCUT2D eigenvalue weighted by atomic mass is 32.1. The van der Waals surface area contributed by atoms with E-state index in [0.717, 1.165) is 44.7 Å². The van der Waals surface area contributed by atoms with Gasteiger partial charge in [-0.05, 0) is 59.5 Å². The monoisotopic (exact) mass is 290 g/mol. The van der Waals surface area contributed by atoms with Gasteiger partial charge in [0.25, 0.3) is 0 Å². The minimum absolute atomic E-state index is 0.138. The van der Waals surface area contributed by atoms with Gasteiger partial charge in [-0.2, -0.15) is 11.3 Å². The molecule has 0 atom stereocenters. The summed E-state index contributed by atoms with van der Waals surface area (Å²) in [5.41, 5.74) is 3.74. The lowest BCUT2D eigenvalue weighted by molar-refractivity contribution is 0.626. The van der Waals surface area contributed by atoms with Gasteiger partial charge in [-0.1, -0.05) is 6.07 Å². The van der Waals surface area contributed by atoms with Crippen LogP contribution in [0.15, 0.2) is 35.0 Å². The lowest BCUT2D eigenvalue weighted by Crippen LogP contribution is -2.31. The van der Waals surface area contributed by atoms with Crippen molar-refractivity contribution >= 4 is 17.0 Å². The molecule has 2 heterocycles. The van der Waals surface area contributed by atoms with Crippen LogP contribution in [-0.4, -0.2) is 26.2 Å². The summed E-state index contributed by atoms with van der Waals surface area (Å²) in [7, 11) is 0. The summed E-state index contributed by atoms with van der Waals surface area (Å²) in [5, 5.41) is 7.78. The maximum absolute atomic E-state index is 13.3. The van der Waals surface area contributed by atoms with E-state index >= 15 is 0 Å². The van der Waals surface area contributed by atoms with Crippen LogP contribution in [0.2, 0.25) is 0 Å². The zero-order valence-electron chi connectivity index (χ0n) is 11.4. The average molecular weight is 290 g/mol. The van der Waals surface area contributed by atoms with Crippen molar-refractivity contribution in [3.63, 3.8) is 0 Å². The number of thiophene rings is 1.